The number of para-hydroxylation sites is 1. The van der Waals surface area contributed by atoms with Gasteiger partial charge in [0.1, 0.15) is 16.5 Å². The summed E-state index contributed by atoms with van der Waals surface area (Å²) in [5.41, 5.74) is 3.32. The molecule has 0 bridgehead atoms. The van der Waals surface area contributed by atoms with Gasteiger partial charge in [-0.15, -0.1) is 11.8 Å². The number of carbonyl (C=O) groups excluding carboxylic acids is 1. The number of aromatic amines is 1. The zero-order valence-corrected chi connectivity index (χ0v) is 22.9. The largest absolute Gasteiger partial charge is 0.457 e. The van der Waals surface area contributed by atoms with Crippen molar-refractivity contribution in [1.29, 1.82) is 0 Å². The predicted molar refractivity (Wildman–Crippen MR) is 157 cm³/mol. The second-order valence-electron chi connectivity index (χ2n) is 10.8. The summed E-state index contributed by atoms with van der Waals surface area (Å²) >= 11 is 1.85. The molecule has 1 amide bonds. The Balaban J connectivity index is 1.17. The molecule has 8 heteroatoms. The fourth-order valence-corrected chi connectivity index (χ4v) is 6.98. The van der Waals surface area contributed by atoms with Crippen LogP contribution in [0.4, 0.5) is 5.69 Å². The standard InChI is InChI=1S/C30H37N5O2S/c1-20(36)31-23-11-13-35(18-23)14-12-24-19-38-30(33-24)28-16-21-15-26(37-25-9-3-2-4-10-25)17-27(29(21)34-28)32-22-7-5-6-8-22/h2-4,9-10,15-17,22-24,32,34H,5-8,11-14,18-19H2,1H3,(H,31,36)/t23-,24+/m1/s1. The molecule has 2 atom stereocenters. The van der Waals surface area contributed by atoms with E-state index in [0.29, 0.717) is 18.1 Å². The van der Waals surface area contributed by atoms with Crippen LogP contribution < -0.4 is 15.4 Å². The molecule has 2 aliphatic heterocycles. The van der Waals surface area contributed by atoms with Gasteiger partial charge >= 0.3 is 0 Å². The number of thioether (sulfide) groups is 1. The average Bonchev–Trinajstić information content (AvgIpc) is 3.70. The van der Waals surface area contributed by atoms with E-state index in [4.69, 9.17) is 9.73 Å². The maximum absolute atomic E-state index is 11.4. The van der Waals surface area contributed by atoms with Crippen molar-refractivity contribution >= 4 is 39.3 Å². The number of rotatable bonds is 9. The van der Waals surface area contributed by atoms with E-state index in [1.54, 1.807) is 6.92 Å². The highest BCUT2D eigenvalue weighted by Crippen LogP contribution is 2.36. The van der Waals surface area contributed by atoms with Gasteiger partial charge in [-0.3, -0.25) is 9.79 Å². The lowest BCUT2D eigenvalue weighted by atomic mass is 10.1. The summed E-state index contributed by atoms with van der Waals surface area (Å²) in [6, 6.07) is 17.6. The highest BCUT2D eigenvalue weighted by atomic mass is 32.2. The Hall–Kier alpha value is -2.97. The Labute approximate surface area is 228 Å². The molecule has 2 aromatic carbocycles. The lowest BCUT2D eigenvalue weighted by Gasteiger charge is -2.17. The molecular formula is C30H37N5O2S. The van der Waals surface area contributed by atoms with Crippen LogP contribution in [0, 0.1) is 0 Å². The number of likely N-dealkylation sites (tertiary alicyclic amines) is 1. The third kappa shape index (κ3) is 6.02. The minimum absolute atomic E-state index is 0.0666. The van der Waals surface area contributed by atoms with E-state index in [9.17, 15) is 4.79 Å². The van der Waals surface area contributed by atoms with E-state index in [1.807, 2.05) is 42.1 Å². The normalized spacial score (nSPS) is 22.2. The van der Waals surface area contributed by atoms with Crippen LogP contribution in [0.25, 0.3) is 10.9 Å². The zero-order chi connectivity index (χ0) is 25.9. The maximum Gasteiger partial charge on any atom is 0.217 e. The van der Waals surface area contributed by atoms with Gasteiger partial charge < -0.3 is 25.3 Å². The van der Waals surface area contributed by atoms with Crippen molar-refractivity contribution in [1.82, 2.24) is 15.2 Å². The monoisotopic (exact) mass is 531 g/mol. The van der Waals surface area contributed by atoms with E-state index < -0.39 is 0 Å². The minimum atomic E-state index is 0.0666. The molecule has 0 spiro atoms. The highest BCUT2D eigenvalue weighted by Gasteiger charge is 2.26. The second-order valence-corrected chi connectivity index (χ2v) is 11.8. The number of aromatic nitrogens is 1. The molecule has 3 N–H and O–H groups in total. The first-order chi connectivity index (χ1) is 18.6. The number of amides is 1. The highest BCUT2D eigenvalue weighted by molar-refractivity contribution is 8.14. The van der Waals surface area contributed by atoms with Crippen LogP contribution in [0.3, 0.4) is 0 Å². The van der Waals surface area contributed by atoms with Crippen molar-refractivity contribution in [3.8, 4) is 11.5 Å². The summed E-state index contributed by atoms with van der Waals surface area (Å²) in [5, 5.41) is 9.09. The Morgan fingerprint density at radius 2 is 1.95 bits per heavy atom. The third-order valence-corrected chi connectivity index (χ3v) is 8.95. The lowest BCUT2D eigenvalue weighted by Crippen LogP contribution is -2.36. The van der Waals surface area contributed by atoms with Crippen molar-refractivity contribution < 1.29 is 9.53 Å². The molecule has 3 aliphatic rings. The molecule has 7 nitrogen and oxygen atoms in total. The number of nitrogens with one attached hydrogen (secondary N) is 3. The summed E-state index contributed by atoms with van der Waals surface area (Å²) < 4.78 is 6.24. The van der Waals surface area contributed by atoms with Crippen LogP contribution in [-0.4, -0.2) is 64.3 Å². The van der Waals surface area contributed by atoms with Crippen molar-refractivity contribution in [3.05, 3.63) is 54.2 Å². The predicted octanol–water partition coefficient (Wildman–Crippen LogP) is 5.78. The fourth-order valence-electron chi connectivity index (χ4n) is 5.90. The van der Waals surface area contributed by atoms with Crippen LogP contribution in [0.1, 0.15) is 51.1 Å². The van der Waals surface area contributed by atoms with Gasteiger partial charge in [0, 0.05) is 55.8 Å². The molecule has 1 aromatic heterocycles. The Bertz CT molecular complexity index is 1300. The molecule has 1 aliphatic carbocycles. The van der Waals surface area contributed by atoms with Gasteiger partial charge in [0.2, 0.25) is 5.91 Å². The van der Waals surface area contributed by atoms with E-state index in [-0.39, 0.29) is 5.91 Å². The summed E-state index contributed by atoms with van der Waals surface area (Å²) in [4.78, 5) is 22.6. The maximum atomic E-state index is 11.4. The number of hydrogen-bond donors (Lipinski definition) is 3. The summed E-state index contributed by atoms with van der Waals surface area (Å²) in [7, 11) is 0. The first-order valence-corrected chi connectivity index (χ1v) is 14.9. The number of anilines is 1. The topological polar surface area (TPSA) is 81.8 Å². The number of nitrogens with zero attached hydrogens (tertiary/aromatic N) is 2. The Morgan fingerprint density at radius 3 is 2.76 bits per heavy atom. The quantitative estimate of drug-likeness (QED) is 0.326. The molecule has 0 unspecified atom stereocenters. The minimum Gasteiger partial charge on any atom is -0.457 e. The Morgan fingerprint density at radius 1 is 1.11 bits per heavy atom. The third-order valence-electron chi connectivity index (χ3n) is 7.80. The van der Waals surface area contributed by atoms with Crippen molar-refractivity contribution in [2.24, 2.45) is 4.99 Å². The molecule has 3 aromatic rings. The molecule has 1 saturated heterocycles. The first-order valence-electron chi connectivity index (χ1n) is 14.0. The van der Waals surface area contributed by atoms with E-state index in [1.165, 1.54) is 25.7 Å². The average molecular weight is 532 g/mol. The smallest absolute Gasteiger partial charge is 0.217 e. The first kappa shape index (κ1) is 25.3. The molecule has 38 heavy (non-hydrogen) atoms. The number of fused-ring (bicyclic) bond motifs is 1. The van der Waals surface area contributed by atoms with E-state index in [0.717, 1.165) is 77.1 Å². The molecule has 1 saturated carbocycles. The molecule has 3 heterocycles. The van der Waals surface area contributed by atoms with Gasteiger partial charge in [-0.05, 0) is 49.9 Å². The summed E-state index contributed by atoms with van der Waals surface area (Å²) in [6.45, 7) is 4.62. The van der Waals surface area contributed by atoms with Crippen LogP contribution in [0.15, 0.2) is 53.5 Å². The summed E-state index contributed by atoms with van der Waals surface area (Å²) in [6.07, 6.45) is 7.09. The number of H-pyrrole nitrogens is 1. The molecule has 6 rings (SSSR count). The van der Waals surface area contributed by atoms with Crippen molar-refractivity contribution in [2.45, 2.75) is 63.6 Å². The number of benzene rings is 2. The fraction of sp³-hybridized carbons (Fsp3) is 0.467. The number of carbonyl (C=O) groups is 1. The zero-order valence-electron chi connectivity index (χ0n) is 22.0. The van der Waals surface area contributed by atoms with E-state index in [2.05, 4.69) is 38.7 Å². The van der Waals surface area contributed by atoms with Gasteiger partial charge in [-0.25, -0.2) is 0 Å². The second kappa shape index (κ2) is 11.4. The van der Waals surface area contributed by atoms with Crippen molar-refractivity contribution in [2.75, 3.05) is 30.7 Å². The van der Waals surface area contributed by atoms with Gasteiger partial charge in [-0.2, -0.15) is 0 Å². The molecule has 0 radical (unpaired) electrons. The van der Waals surface area contributed by atoms with Crippen LogP contribution >= 0.6 is 11.8 Å². The molecule has 200 valence electrons. The van der Waals surface area contributed by atoms with Crippen molar-refractivity contribution in [3.63, 3.8) is 0 Å². The lowest BCUT2D eigenvalue weighted by molar-refractivity contribution is -0.119. The van der Waals surface area contributed by atoms with Gasteiger partial charge in [-0.1, -0.05) is 31.0 Å². The SMILES string of the molecule is CC(=O)N[C@@H]1CCN(CC[C@H]2CSC(c3cc4cc(Oc5ccccc5)cc(NC5CCCC5)c4[nH]3)=N2)C1. The Kier molecular flexibility index (Phi) is 7.60. The van der Waals surface area contributed by atoms with Crippen LogP contribution in [0.2, 0.25) is 0 Å². The number of ether oxygens (including phenoxy) is 1. The number of aliphatic imine (C=N–C) groups is 1. The van der Waals surface area contributed by atoms with Gasteiger partial charge in [0.05, 0.1) is 22.9 Å². The van der Waals surface area contributed by atoms with Gasteiger partial charge in [0.25, 0.3) is 0 Å². The van der Waals surface area contributed by atoms with Crippen LogP contribution in [-0.2, 0) is 4.79 Å². The number of hydrogen-bond acceptors (Lipinski definition) is 6. The van der Waals surface area contributed by atoms with Crippen LogP contribution in [0.5, 0.6) is 11.5 Å². The van der Waals surface area contributed by atoms with E-state index >= 15 is 0 Å². The molecule has 2 fully saturated rings. The van der Waals surface area contributed by atoms with Gasteiger partial charge in [0.15, 0.2) is 0 Å². The molecular weight excluding hydrogens is 494 g/mol. The summed E-state index contributed by atoms with van der Waals surface area (Å²) in [5.74, 6) is 2.77.